The highest BCUT2D eigenvalue weighted by Crippen LogP contribution is 2.34. The second-order valence-electron chi connectivity index (χ2n) is 6.71. The van der Waals surface area contributed by atoms with Gasteiger partial charge in [-0.3, -0.25) is 0 Å². The molecule has 2 nitrogen and oxygen atoms in total. The second-order valence-corrected chi connectivity index (χ2v) is 6.71. The molecule has 3 heteroatoms. The first kappa shape index (κ1) is 16.0. The fraction of sp³-hybridized carbons (Fsp3) is 0.300. The Bertz CT molecular complexity index is 689. The van der Waals surface area contributed by atoms with Crippen LogP contribution in [0.1, 0.15) is 37.5 Å². The minimum absolute atomic E-state index is 0.0534. The van der Waals surface area contributed by atoms with Crippen LogP contribution in [0.4, 0.5) is 0 Å². The van der Waals surface area contributed by atoms with Crippen molar-refractivity contribution in [1.29, 1.82) is 0 Å². The van der Waals surface area contributed by atoms with Crippen molar-refractivity contribution in [2.24, 2.45) is 0 Å². The molecule has 0 spiro atoms. The molecule has 23 heavy (non-hydrogen) atoms. The SMILES string of the molecule is Cc1ccc(/C=C(\B2OC(C)C(C)(C)O2)c2ccccc2)cc1. The molecule has 1 heterocycles. The van der Waals surface area contributed by atoms with Gasteiger partial charge in [0.25, 0.3) is 0 Å². The highest BCUT2D eigenvalue weighted by molar-refractivity contribution is 6.70. The molecular formula is C20H23BO2. The number of rotatable bonds is 3. The van der Waals surface area contributed by atoms with Gasteiger partial charge in [0, 0.05) is 0 Å². The lowest BCUT2D eigenvalue weighted by Gasteiger charge is -2.21. The molecule has 0 radical (unpaired) electrons. The van der Waals surface area contributed by atoms with E-state index in [2.05, 4.69) is 70.2 Å². The van der Waals surface area contributed by atoms with Crippen LogP contribution < -0.4 is 0 Å². The van der Waals surface area contributed by atoms with E-state index in [1.54, 1.807) is 0 Å². The predicted molar refractivity (Wildman–Crippen MR) is 97.0 cm³/mol. The molecule has 1 unspecified atom stereocenters. The lowest BCUT2D eigenvalue weighted by molar-refractivity contribution is 0.0843. The molecule has 1 saturated heterocycles. The maximum Gasteiger partial charge on any atom is 0.495 e. The Hall–Kier alpha value is -1.84. The lowest BCUT2D eigenvalue weighted by atomic mass is 9.73. The van der Waals surface area contributed by atoms with Crippen LogP contribution in [0.25, 0.3) is 11.5 Å². The predicted octanol–water partition coefficient (Wildman–Crippen LogP) is 4.78. The Morgan fingerprint density at radius 1 is 1.04 bits per heavy atom. The van der Waals surface area contributed by atoms with Gasteiger partial charge in [0.1, 0.15) is 0 Å². The first-order valence-electron chi connectivity index (χ1n) is 8.13. The highest BCUT2D eigenvalue weighted by atomic mass is 16.7. The van der Waals surface area contributed by atoms with E-state index in [1.807, 2.05) is 18.2 Å². The molecule has 1 fully saturated rings. The Balaban J connectivity index is 2.00. The largest absolute Gasteiger partial charge is 0.495 e. The summed E-state index contributed by atoms with van der Waals surface area (Å²) in [5.74, 6) is 0. The highest BCUT2D eigenvalue weighted by Gasteiger charge is 2.45. The van der Waals surface area contributed by atoms with Gasteiger partial charge in [0.05, 0.1) is 11.7 Å². The van der Waals surface area contributed by atoms with Crippen molar-refractivity contribution in [2.75, 3.05) is 0 Å². The normalized spacial score (nSPS) is 20.8. The van der Waals surface area contributed by atoms with E-state index in [0.29, 0.717) is 0 Å². The molecule has 1 aliphatic rings. The number of hydrogen-bond acceptors (Lipinski definition) is 2. The van der Waals surface area contributed by atoms with E-state index < -0.39 is 0 Å². The molecule has 1 atom stereocenters. The average molecular weight is 306 g/mol. The van der Waals surface area contributed by atoms with Crippen LogP contribution in [0.3, 0.4) is 0 Å². The monoisotopic (exact) mass is 306 g/mol. The number of aryl methyl sites for hydroxylation is 1. The summed E-state index contributed by atoms with van der Waals surface area (Å²) in [4.78, 5) is 0. The topological polar surface area (TPSA) is 18.5 Å². The van der Waals surface area contributed by atoms with Crippen molar-refractivity contribution < 1.29 is 9.31 Å². The van der Waals surface area contributed by atoms with Crippen LogP contribution >= 0.6 is 0 Å². The third kappa shape index (κ3) is 3.57. The summed E-state index contributed by atoms with van der Waals surface area (Å²) in [6, 6.07) is 18.8. The van der Waals surface area contributed by atoms with Gasteiger partial charge >= 0.3 is 7.12 Å². The van der Waals surface area contributed by atoms with Crippen LogP contribution in [0, 0.1) is 6.92 Å². The third-order valence-electron chi connectivity index (χ3n) is 4.48. The van der Waals surface area contributed by atoms with Crippen molar-refractivity contribution in [3.63, 3.8) is 0 Å². The van der Waals surface area contributed by atoms with Crippen LogP contribution in [-0.4, -0.2) is 18.8 Å². The van der Waals surface area contributed by atoms with Gasteiger partial charge in [0.2, 0.25) is 0 Å². The first-order chi connectivity index (χ1) is 11.0. The lowest BCUT2D eigenvalue weighted by Crippen LogP contribution is -2.30. The van der Waals surface area contributed by atoms with Crippen LogP contribution in [0.15, 0.2) is 54.6 Å². The molecule has 1 aliphatic heterocycles. The van der Waals surface area contributed by atoms with Gasteiger partial charge in [-0.05, 0) is 44.3 Å². The molecular weight excluding hydrogens is 283 g/mol. The van der Waals surface area contributed by atoms with Gasteiger partial charge in [-0.2, -0.15) is 0 Å². The van der Waals surface area contributed by atoms with E-state index in [4.69, 9.17) is 9.31 Å². The molecule has 0 aromatic heterocycles. The maximum absolute atomic E-state index is 6.18. The summed E-state index contributed by atoms with van der Waals surface area (Å²) in [7, 11) is -0.344. The Kier molecular flexibility index (Phi) is 4.42. The van der Waals surface area contributed by atoms with Gasteiger partial charge in [-0.25, -0.2) is 0 Å². The molecule has 0 bridgehead atoms. The van der Waals surface area contributed by atoms with E-state index >= 15 is 0 Å². The summed E-state index contributed by atoms with van der Waals surface area (Å²) >= 11 is 0. The van der Waals surface area contributed by atoms with Crippen LogP contribution in [0.2, 0.25) is 0 Å². The molecule has 0 saturated carbocycles. The third-order valence-corrected chi connectivity index (χ3v) is 4.48. The summed E-state index contributed by atoms with van der Waals surface area (Å²) in [5.41, 5.74) is 4.31. The standard InChI is InChI=1S/C20H23BO2/c1-15-10-12-17(13-11-15)14-19(18-8-6-5-7-9-18)21-22-16(2)20(3,4)23-21/h5-14,16H,1-4H3/b19-14-. The Morgan fingerprint density at radius 2 is 1.70 bits per heavy atom. The molecule has 0 amide bonds. The fourth-order valence-corrected chi connectivity index (χ4v) is 2.65. The molecule has 2 aromatic carbocycles. The van der Waals surface area contributed by atoms with Gasteiger partial charge in [-0.15, -0.1) is 0 Å². The molecule has 2 aromatic rings. The van der Waals surface area contributed by atoms with Crippen molar-refractivity contribution in [3.05, 3.63) is 71.3 Å². The van der Waals surface area contributed by atoms with E-state index in [9.17, 15) is 0 Å². The van der Waals surface area contributed by atoms with E-state index in [-0.39, 0.29) is 18.8 Å². The van der Waals surface area contributed by atoms with Crippen LogP contribution in [0.5, 0.6) is 0 Å². The molecule has 3 rings (SSSR count). The zero-order valence-corrected chi connectivity index (χ0v) is 14.2. The van der Waals surface area contributed by atoms with E-state index in [1.165, 1.54) is 5.56 Å². The van der Waals surface area contributed by atoms with Gasteiger partial charge in [-0.1, -0.05) is 66.2 Å². The Labute approximate surface area is 139 Å². The summed E-state index contributed by atoms with van der Waals surface area (Å²) in [6.07, 6.45) is 2.21. The molecule has 118 valence electrons. The number of hydrogen-bond donors (Lipinski definition) is 0. The van der Waals surface area contributed by atoms with E-state index in [0.717, 1.165) is 16.6 Å². The first-order valence-corrected chi connectivity index (χ1v) is 8.13. The second kappa shape index (κ2) is 6.35. The molecule has 0 aliphatic carbocycles. The molecule has 0 N–H and O–H groups in total. The summed E-state index contributed by atoms with van der Waals surface area (Å²) in [6.45, 7) is 8.31. The zero-order valence-electron chi connectivity index (χ0n) is 14.2. The fourth-order valence-electron chi connectivity index (χ4n) is 2.65. The quantitative estimate of drug-likeness (QED) is 0.600. The Morgan fingerprint density at radius 3 is 2.26 bits per heavy atom. The van der Waals surface area contributed by atoms with Crippen LogP contribution in [-0.2, 0) is 9.31 Å². The maximum atomic E-state index is 6.18. The van der Waals surface area contributed by atoms with Gasteiger partial charge < -0.3 is 9.31 Å². The van der Waals surface area contributed by atoms with Crippen molar-refractivity contribution in [3.8, 4) is 0 Å². The zero-order chi connectivity index (χ0) is 16.4. The summed E-state index contributed by atoms with van der Waals surface area (Å²) < 4.78 is 12.3. The minimum atomic E-state index is -0.344. The average Bonchev–Trinajstić information content (AvgIpc) is 2.81. The summed E-state index contributed by atoms with van der Waals surface area (Å²) in [5, 5.41) is 0. The van der Waals surface area contributed by atoms with Crippen molar-refractivity contribution in [2.45, 2.75) is 39.4 Å². The smallest absolute Gasteiger partial charge is 0.402 e. The van der Waals surface area contributed by atoms with Crippen molar-refractivity contribution in [1.82, 2.24) is 0 Å². The van der Waals surface area contributed by atoms with Gasteiger partial charge in [0.15, 0.2) is 0 Å². The number of benzene rings is 2. The van der Waals surface area contributed by atoms with Crippen molar-refractivity contribution >= 4 is 18.7 Å². The minimum Gasteiger partial charge on any atom is -0.402 e.